The fourth-order valence-corrected chi connectivity index (χ4v) is 2.94. The van der Waals surface area contributed by atoms with Crippen LogP contribution in [-0.2, 0) is 16.6 Å². The van der Waals surface area contributed by atoms with Crippen LogP contribution in [0, 0.1) is 0 Å². The van der Waals surface area contributed by atoms with E-state index in [-0.39, 0.29) is 23.7 Å². The Bertz CT molecular complexity index is 900. The molecule has 3 rings (SSSR count). The molecule has 2 aromatic carbocycles. The van der Waals surface area contributed by atoms with Gasteiger partial charge in [0, 0.05) is 23.9 Å². The molecule has 0 aliphatic rings. The van der Waals surface area contributed by atoms with Crippen molar-refractivity contribution in [3.8, 4) is 11.3 Å². The number of aryl methyl sites for hydroxylation is 1. The summed E-state index contributed by atoms with van der Waals surface area (Å²) >= 11 is 0. The maximum absolute atomic E-state index is 12.3. The summed E-state index contributed by atoms with van der Waals surface area (Å²) in [5.74, 6) is 0.0214. The van der Waals surface area contributed by atoms with Gasteiger partial charge in [-0.3, -0.25) is 9.78 Å². The number of nitrogens with one attached hydrogen (secondary N) is 1. The first-order chi connectivity index (χ1) is 12.9. The van der Waals surface area contributed by atoms with Crippen LogP contribution in [0.4, 0.5) is 5.69 Å². The lowest BCUT2D eigenvalue weighted by Crippen LogP contribution is -2.13. The molecule has 0 saturated heterocycles. The van der Waals surface area contributed by atoms with Crippen molar-refractivity contribution in [1.82, 2.24) is 4.98 Å². The number of nitrogens with zero attached hydrogens (tertiary/aromatic N) is 1. The Labute approximate surface area is 173 Å². The Hall–Kier alpha value is -2.65. The maximum Gasteiger partial charge on any atom is 0.224 e. The van der Waals surface area contributed by atoms with Crippen LogP contribution in [0.3, 0.4) is 0 Å². The molecule has 0 unspecified atom stereocenters. The highest BCUT2D eigenvalue weighted by Crippen LogP contribution is 2.23. The van der Waals surface area contributed by atoms with Crippen molar-refractivity contribution in [3.05, 3.63) is 84.1 Å². The first-order valence-corrected chi connectivity index (χ1v) is 9.32. The molecule has 0 aliphatic carbocycles. The Kier molecular flexibility index (Phi) is 7.36. The molecule has 0 fully saturated rings. The third kappa shape index (κ3) is 5.93. The van der Waals surface area contributed by atoms with Crippen LogP contribution in [-0.4, -0.2) is 10.9 Å². The molecule has 1 N–H and O–H groups in total. The molecular formula is C24H27ClN2O. The number of hydrogen-bond acceptors (Lipinski definition) is 2. The fraction of sp³-hybridized carbons (Fsp3) is 0.250. The van der Waals surface area contributed by atoms with E-state index in [9.17, 15) is 4.79 Å². The summed E-state index contributed by atoms with van der Waals surface area (Å²) in [5.41, 5.74) is 5.32. The number of amides is 1. The third-order valence-electron chi connectivity index (χ3n) is 4.57. The van der Waals surface area contributed by atoms with Crippen molar-refractivity contribution in [3.63, 3.8) is 0 Å². The molecule has 146 valence electrons. The SMILES string of the molecule is CC(C)(C)c1ccc(CCC(=O)Nc2cccc(-c3ccccn3)c2)cc1.Cl. The van der Waals surface area contributed by atoms with Gasteiger partial charge in [0.2, 0.25) is 5.91 Å². The minimum absolute atomic E-state index is 0. The molecular weight excluding hydrogens is 368 g/mol. The number of aromatic nitrogens is 1. The normalized spacial score (nSPS) is 10.8. The molecule has 28 heavy (non-hydrogen) atoms. The third-order valence-corrected chi connectivity index (χ3v) is 4.57. The second-order valence-electron chi connectivity index (χ2n) is 7.79. The van der Waals surface area contributed by atoms with Crippen LogP contribution in [0.2, 0.25) is 0 Å². The summed E-state index contributed by atoms with van der Waals surface area (Å²) < 4.78 is 0. The molecule has 0 spiro atoms. The molecule has 3 aromatic rings. The molecule has 0 saturated carbocycles. The van der Waals surface area contributed by atoms with Crippen LogP contribution in [0.25, 0.3) is 11.3 Å². The molecule has 0 bridgehead atoms. The number of carbonyl (C=O) groups excluding carboxylic acids is 1. The summed E-state index contributed by atoms with van der Waals surface area (Å²) in [6.45, 7) is 6.61. The predicted octanol–water partition coefficient (Wildman–Crippen LogP) is 6.04. The first-order valence-electron chi connectivity index (χ1n) is 9.32. The fourth-order valence-electron chi connectivity index (χ4n) is 2.94. The lowest BCUT2D eigenvalue weighted by Gasteiger charge is -2.19. The minimum atomic E-state index is 0. The van der Waals surface area contributed by atoms with Gasteiger partial charge in [-0.05, 0) is 47.2 Å². The lowest BCUT2D eigenvalue weighted by atomic mass is 9.86. The summed E-state index contributed by atoms with van der Waals surface area (Å²) in [6, 6.07) is 22.2. The largest absolute Gasteiger partial charge is 0.326 e. The maximum atomic E-state index is 12.3. The van der Waals surface area contributed by atoms with Crippen molar-refractivity contribution < 1.29 is 4.79 Å². The lowest BCUT2D eigenvalue weighted by molar-refractivity contribution is -0.116. The van der Waals surface area contributed by atoms with Gasteiger partial charge in [0.05, 0.1) is 5.69 Å². The highest BCUT2D eigenvalue weighted by Gasteiger charge is 2.13. The quantitative estimate of drug-likeness (QED) is 0.573. The van der Waals surface area contributed by atoms with E-state index in [0.717, 1.165) is 23.4 Å². The summed E-state index contributed by atoms with van der Waals surface area (Å²) in [4.78, 5) is 16.7. The van der Waals surface area contributed by atoms with Crippen molar-refractivity contribution in [2.45, 2.75) is 39.0 Å². The van der Waals surface area contributed by atoms with Gasteiger partial charge in [0.1, 0.15) is 0 Å². The smallest absolute Gasteiger partial charge is 0.224 e. The molecule has 1 aromatic heterocycles. The predicted molar refractivity (Wildman–Crippen MR) is 119 cm³/mol. The Morgan fingerprint density at radius 1 is 0.964 bits per heavy atom. The van der Waals surface area contributed by atoms with Crippen LogP contribution >= 0.6 is 12.4 Å². The van der Waals surface area contributed by atoms with E-state index in [2.05, 4.69) is 55.3 Å². The number of hydrogen-bond donors (Lipinski definition) is 1. The molecule has 1 amide bonds. The first kappa shape index (κ1) is 21.6. The van der Waals surface area contributed by atoms with E-state index >= 15 is 0 Å². The van der Waals surface area contributed by atoms with Gasteiger partial charge >= 0.3 is 0 Å². The van der Waals surface area contributed by atoms with Crippen molar-refractivity contribution in [2.24, 2.45) is 0 Å². The highest BCUT2D eigenvalue weighted by atomic mass is 35.5. The second kappa shape index (κ2) is 9.52. The van der Waals surface area contributed by atoms with Gasteiger partial charge in [-0.25, -0.2) is 0 Å². The average molecular weight is 395 g/mol. The molecule has 0 atom stereocenters. The minimum Gasteiger partial charge on any atom is -0.326 e. The van der Waals surface area contributed by atoms with Gasteiger partial charge in [-0.2, -0.15) is 0 Å². The molecule has 3 nitrogen and oxygen atoms in total. The number of rotatable bonds is 5. The number of halogens is 1. The summed E-state index contributed by atoms with van der Waals surface area (Å²) in [6.07, 6.45) is 2.96. The topological polar surface area (TPSA) is 42.0 Å². The van der Waals surface area contributed by atoms with Gasteiger partial charge in [-0.15, -0.1) is 12.4 Å². The van der Waals surface area contributed by atoms with Crippen molar-refractivity contribution in [2.75, 3.05) is 5.32 Å². The number of carbonyl (C=O) groups is 1. The van der Waals surface area contributed by atoms with E-state index in [4.69, 9.17) is 0 Å². The van der Waals surface area contributed by atoms with E-state index in [1.807, 2.05) is 42.5 Å². The van der Waals surface area contributed by atoms with E-state index in [0.29, 0.717) is 6.42 Å². The zero-order chi connectivity index (χ0) is 19.3. The number of pyridine rings is 1. The number of benzene rings is 2. The van der Waals surface area contributed by atoms with Gasteiger partial charge in [0.25, 0.3) is 0 Å². The second-order valence-corrected chi connectivity index (χ2v) is 7.79. The van der Waals surface area contributed by atoms with E-state index < -0.39 is 0 Å². The monoisotopic (exact) mass is 394 g/mol. The highest BCUT2D eigenvalue weighted by molar-refractivity contribution is 5.91. The zero-order valence-corrected chi connectivity index (χ0v) is 17.4. The zero-order valence-electron chi connectivity index (χ0n) is 16.6. The van der Waals surface area contributed by atoms with Crippen molar-refractivity contribution in [1.29, 1.82) is 0 Å². The van der Waals surface area contributed by atoms with Crippen LogP contribution < -0.4 is 5.32 Å². The standard InChI is InChI=1S/C24H26N2O.ClH/c1-24(2,3)20-13-10-18(11-14-20)12-15-23(27)26-21-8-6-7-19(17-21)22-9-4-5-16-25-22;/h4-11,13-14,16-17H,12,15H2,1-3H3,(H,26,27);1H. The van der Waals surface area contributed by atoms with Crippen molar-refractivity contribution >= 4 is 24.0 Å². The molecule has 0 radical (unpaired) electrons. The van der Waals surface area contributed by atoms with Gasteiger partial charge < -0.3 is 5.32 Å². The molecule has 4 heteroatoms. The molecule has 0 aliphatic heterocycles. The average Bonchev–Trinajstić information content (AvgIpc) is 2.67. The van der Waals surface area contributed by atoms with Crippen LogP contribution in [0.15, 0.2) is 72.9 Å². The van der Waals surface area contributed by atoms with Gasteiger partial charge in [0.15, 0.2) is 0 Å². The summed E-state index contributed by atoms with van der Waals surface area (Å²) in [7, 11) is 0. The summed E-state index contributed by atoms with van der Waals surface area (Å²) in [5, 5.41) is 2.99. The number of anilines is 1. The van der Waals surface area contributed by atoms with E-state index in [1.54, 1.807) is 6.20 Å². The Morgan fingerprint density at radius 2 is 1.71 bits per heavy atom. The Balaban J connectivity index is 0.00000280. The molecule has 1 heterocycles. The van der Waals surface area contributed by atoms with Crippen LogP contribution in [0.5, 0.6) is 0 Å². The van der Waals surface area contributed by atoms with E-state index in [1.165, 1.54) is 11.1 Å². The van der Waals surface area contributed by atoms with Gasteiger partial charge in [-0.1, -0.05) is 63.2 Å². The van der Waals surface area contributed by atoms with Crippen LogP contribution in [0.1, 0.15) is 38.3 Å². The Morgan fingerprint density at radius 3 is 2.36 bits per heavy atom.